The molecule has 1 unspecified atom stereocenters. The minimum Gasteiger partial charge on any atom is -0.464 e. The van der Waals surface area contributed by atoms with Crippen molar-refractivity contribution in [1.82, 2.24) is 4.90 Å². The number of ether oxygens (including phenoxy) is 1. The molecule has 2 aromatic rings. The van der Waals surface area contributed by atoms with Gasteiger partial charge in [-0.25, -0.2) is 4.79 Å². The van der Waals surface area contributed by atoms with Crippen LogP contribution in [0.1, 0.15) is 29.8 Å². The van der Waals surface area contributed by atoms with E-state index in [1.807, 2.05) is 42.5 Å². The van der Waals surface area contributed by atoms with Gasteiger partial charge in [-0.15, -0.1) is 0 Å². The minimum absolute atomic E-state index is 0.202. The highest BCUT2D eigenvalue weighted by Crippen LogP contribution is 2.17. The van der Waals surface area contributed by atoms with Gasteiger partial charge in [0, 0.05) is 16.6 Å². The highest BCUT2D eigenvalue weighted by Gasteiger charge is 2.27. The number of amides is 1. The average Bonchev–Trinajstić information content (AvgIpc) is 2.60. The lowest BCUT2D eigenvalue weighted by Crippen LogP contribution is -2.43. The van der Waals surface area contributed by atoms with E-state index in [2.05, 4.69) is 15.9 Å². The van der Waals surface area contributed by atoms with E-state index in [0.29, 0.717) is 12.1 Å². The Balaban J connectivity index is 2.28. The summed E-state index contributed by atoms with van der Waals surface area (Å²) >= 11 is 3.36. The molecule has 24 heavy (non-hydrogen) atoms. The van der Waals surface area contributed by atoms with Gasteiger partial charge in [0.05, 0.1) is 6.61 Å². The van der Waals surface area contributed by atoms with Crippen LogP contribution in [0.2, 0.25) is 0 Å². The van der Waals surface area contributed by atoms with Gasteiger partial charge >= 0.3 is 5.97 Å². The average molecular weight is 390 g/mol. The Hall–Kier alpha value is -2.14. The summed E-state index contributed by atoms with van der Waals surface area (Å²) in [5, 5.41) is 0. The lowest BCUT2D eigenvalue weighted by molar-refractivity contribution is -0.148. The number of halogens is 1. The topological polar surface area (TPSA) is 46.6 Å². The standard InChI is InChI=1S/C19H20BrNO3/c1-3-24-19(23)14(2)21(13-15-7-5-4-6-8-15)18(22)16-9-11-17(20)12-10-16/h4-12,14H,3,13H2,1-2H3. The predicted octanol–water partition coefficient (Wildman–Crippen LogP) is 4.04. The van der Waals surface area contributed by atoms with Gasteiger partial charge in [0.25, 0.3) is 5.91 Å². The second kappa shape index (κ2) is 8.64. The zero-order valence-electron chi connectivity index (χ0n) is 13.7. The Kier molecular flexibility index (Phi) is 6.55. The van der Waals surface area contributed by atoms with Gasteiger partial charge in [-0.2, -0.15) is 0 Å². The van der Waals surface area contributed by atoms with Crippen molar-refractivity contribution >= 4 is 27.8 Å². The molecule has 0 N–H and O–H groups in total. The summed E-state index contributed by atoms with van der Waals surface area (Å²) < 4.78 is 5.98. The molecule has 2 aromatic carbocycles. The van der Waals surface area contributed by atoms with Crippen molar-refractivity contribution in [3.63, 3.8) is 0 Å². The van der Waals surface area contributed by atoms with Crippen molar-refractivity contribution in [2.75, 3.05) is 6.61 Å². The SMILES string of the molecule is CCOC(=O)C(C)N(Cc1ccccc1)C(=O)c1ccc(Br)cc1. The molecule has 0 fully saturated rings. The van der Waals surface area contributed by atoms with Gasteiger partial charge in [0.2, 0.25) is 0 Å². The summed E-state index contributed by atoms with van der Waals surface area (Å²) in [6, 6.07) is 16.0. The first-order valence-corrected chi connectivity index (χ1v) is 8.59. The Morgan fingerprint density at radius 3 is 2.29 bits per heavy atom. The van der Waals surface area contributed by atoms with Gasteiger partial charge in [-0.3, -0.25) is 4.79 Å². The summed E-state index contributed by atoms with van der Waals surface area (Å²) in [5.41, 5.74) is 1.49. The van der Waals surface area contributed by atoms with E-state index in [1.54, 1.807) is 26.0 Å². The first-order valence-electron chi connectivity index (χ1n) is 7.80. The van der Waals surface area contributed by atoms with Crippen molar-refractivity contribution in [3.05, 3.63) is 70.2 Å². The fraction of sp³-hybridized carbons (Fsp3) is 0.263. The molecule has 126 valence electrons. The van der Waals surface area contributed by atoms with Crippen LogP contribution in [-0.2, 0) is 16.1 Å². The van der Waals surface area contributed by atoms with E-state index in [-0.39, 0.29) is 12.5 Å². The molecule has 1 amide bonds. The third-order valence-electron chi connectivity index (χ3n) is 3.64. The fourth-order valence-corrected chi connectivity index (χ4v) is 2.58. The number of benzene rings is 2. The maximum absolute atomic E-state index is 12.9. The van der Waals surface area contributed by atoms with Crippen LogP contribution in [0.3, 0.4) is 0 Å². The molecule has 0 aliphatic rings. The number of hydrogen-bond donors (Lipinski definition) is 0. The first-order chi connectivity index (χ1) is 11.5. The highest BCUT2D eigenvalue weighted by atomic mass is 79.9. The molecule has 0 saturated heterocycles. The molecule has 0 aliphatic carbocycles. The third-order valence-corrected chi connectivity index (χ3v) is 4.17. The summed E-state index contributed by atoms with van der Waals surface area (Å²) in [7, 11) is 0. The van der Waals surface area contributed by atoms with E-state index < -0.39 is 12.0 Å². The summed E-state index contributed by atoms with van der Waals surface area (Å²) in [6.45, 7) is 4.07. The molecule has 4 nitrogen and oxygen atoms in total. The lowest BCUT2D eigenvalue weighted by atomic mass is 10.1. The maximum atomic E-state index is 12.9. The molecule has 5 heteroatoms. The third kappa shape index (κ3) is 4.68. The van der Waals surface area contributed by atoms with Crippen molar-refractivity contribution in [1.29, 1.82) is 0 Å². The molecular formula is C19H20BrNO3. The van der Waals surface area contributed by atoms with Crippen LogP contribution in [0, 0.1) is 0 Å². The molecule has 0 saturated carbocycles. The normalized spacial score (nSPS) is 11.6. The van der Waals surface area contributed by atoms with Crippen molar-refractivity contribution in [3.8, 4) is 0 Å². The number of rotatable bonds is 6. The molecule has 1 atom stereocenters. The van der Waals surface area contributed by atoms with Crippen LogP contribution in [0.5, 0.6) is 0 Å². The summed E-state index contributed by atoms with van der Waals surface area (Å²) in [4.78, 5) is 26.6. The van der Waals surface area contributed by atoms with Crippen molar-refractivity contribution < 1.29 is 14.3 Å². The summed E-state index contributed by atoms with van der Waals surface area (Å²) in [5.74, 6) is -0.606. The smallest absolute Gasteiger partial charge is 0.328 e. The molecule has 0 bridgehead atoms. The van der Waals surface area contributed by atoms with Gasteiger partial charge < -0.3 is 9.64 Å². The Labute approximate surface area is 150 Å². The second-order valence-electron chi connectivity index (χ2n) is 5.35. The molecule has 0 heterocycles. The molecular weight excluding hydrogens is 370 g/mol. The van der Waals surface area contributed by atoms with Crippen LogP contribution in [0.4, 0.5) is 0 Å². The van der Waals surface area contributed by atoms with Crippen LogP contribution in [0.25, 0.3) is 0 Å². The molecule has 0 spiro atoms. The quantitative estimate of drug-likeness (QED) is 0.700. The van der Waals surface area contributed by atoms with Gasteiger partial charge in [-0.05, 0) is 43.7 Å². The zero-order chi connectivity index (χ0) is 17.5. The lowest BCUT2D eigenvalue weighted by Gasteiger charge is -2.28. The summed E-state index contributed by atoms with van der Waals surface area (Å²) in [6.07, 6.45) is 0. The zero-order valence-corrected chi connectivity index (χ0v) is 15.3. The van der Waals surface area contributed by atoms with Crippen LogP contribution >= 0.6 is 15.9 Å². The van der Waals surface area contributed by atoms with E-state index in [4.69, 9.17) is 4.74 Å². The van der Waals surface area contributed by atoms with E-state index in [1.165, 1.54) is 4.90 Å². The molecule has 0 radical (unpaired) electrons. The Morgan fingerprint density at radius 1 is 1.08 bits per heavy atom. The van der Waals surface area contributed by atoms with Gasteiger partial charge in [0.15, 0.2) is 0 Å². The molecule has 0 aliphatic heterocycles. The van der Waals surface area contributed by atoms with E-state index in [9.17, 15) is 9.59 Å². The maximum Gasteiger partial charge on any atom is 0.328 e. The Bertz CT molecular complexity index is 686. The number of carbonyl (C=O) groups is 2. The number of carbonyl (C=O) groups excluding carboxylic acids is 2. The van der Waals surface area contributed by atoms with Crippen molar-refractivity contribution in [2.24, 2.45) is 0 Å². The molecule has 0 aromatic heterocycles. The van der Waals surface area contributed by atoms with Gasteiger partial charge in [0.1, 0.15) is 6.04 Å². The second-order valence-corrected chi connectivity index (χ2v) is 6.27. The first kappa shape index (κ1) is 18.2. The predicted molar refractivity (Wildman–Crippen MR) is 96.6 cm³/mol. The number of esters is 1. The van der Waals surface area contributed by atoms with E-state index >= 15 is 0 Å². The van der Waals surface area contributed by atoms with Crippen LogP contribution in [-0.4, -0.2) is 29.4 Å². The van der Waals surface area contributed by atoms with Crippen LogP contribution in [0.15, 0.2) is 59.1 Å². The highest BCUT2D eigenvalue weighted by molar-refractivity contribution is 9.10. The Morgan fingerprint density at radius 2 is 1.71 bits per heavy atom. The monoisotopic (exact) mass is 389 g/mol. The van der Waals surface area contributed by atoms with E-state index in [0.717, 1.165) is 10.0 Å². The molecule has 2 rings (SSSR count). The number of nitrogens with zero attached hydrogens (tertiary/aromatic N) is 1. The fourth-order valence-electron chi connectivity index (χ4n) is 2.31. The largest absolute Gasteiger partial charge is 0.464 e. The minimum atomic E-state index is -0.665. The van der Waals surface area contributed by atoms with Crippen molar-refractivity contribution in [2.45, 2.75) is 26.4 Å². The number of hydrogen-bond acceptors (Lipinski definition) is 3. The van der Waals surface area contributed by atoms with Gasteiger partial charge in [-0.1, -0.05) is 46.3 Å². The van der Waals surface area contributed by atoms with Crippen LogP contribution < -0.4 is 0 Å².